The Morgan fingerprint density at radius 3 is 1.69 bits per heavy atom. The number of hydrogen-bond acceptors (Lipinski definition) is 10. The molecule has 1 saturated heterocycles. The average molecular weight is 904 g/mol. The number of aliphatic hydroxyl groups is 5. The van der Waals surface area contributed by atoms with Crippen molar-refractivity contribution in [1.82, 2.24) is 5.32 Å². The third-order valence-electron chi connectivity index (χ3n) is 11.6. The van der Waals surface area contributed by atoms with Gasteiger partial charge in [-0.05, 0) is 83.5 Å². The Morgan fingerprint density at radius 2 is 1.11 bits per heavy atom. The molecule has 370 valence electrons. The van der Waals surface area contributed by atoms with Gasteiger partial charge >= 0.3 is 5.97 Å². The lowest BCUT2D eigenvalue weighted by Gasteiger charge is -2.40. The second-order valence-corrected chi connectivity index (χ2v) is 17.5. The maximum atomic E-state index is 12.9. The maximum Gasteiger partial charge on any atom is 0.305 e. The van der Waals surface area contributed by atoms with Crippen LogP contribution in [-0.2, 0) is 23.8 Å². The highest BCUT2D eigenvalue weighted by Crippen LogP contribution is 2.22. The topological polar surface area (TPSA) is 175 Å². The minimum atomic E-state index is -1.59. The van der Waals surface area contributed by atoms with Gasteiger partial charge in [-0.2, -0.15) is 0 Å². The zero-order chi connectivity index (χ0) is 46.7. The van der Waals surface area contributed by atoms with Crippen LogP contribution in [-0.4, -0.2) is 100 Å². The average Bonchev–Trinajstić information content (AvgIpc) is 3.29. The predicted molar refractivity (Wildman–Crippen MR) is 260 cm³/mol. The smallest absolute Gasteiger partial charge is 0.305 e. The van der Waals surface area contributed by atoms with E-state index in [0.29, 0.717) is 32.3 Å². The van der Waals surface area contributed by atoms with E-state index in [1.165, 1.54) is 57.8 Å². The Hall–Kier alpha value is -2.64. The van der Waals surface area contributed by atoms with Crippen LogP contribution in [0.15, 0.2) is 60.8 Å². The SMILES string of the molecule is CC/C=C/CC/C=C/CC/C=C/C(O)C(COC1OC(CO)C(O)C(O)C1O)NC(=O)CCCCCCCC/C=C\C=C/CCCCCOC(=O)CCCCCCCCCCCCC. The van der Waals surface area contributed by atoms with E-state index in [2.05, 4.69) is 67.8 Å². The van der Waals surface area contributed by atoms with Crippen molar-refractivity contribution in [2.75, 3.05) is 19.8 Å². The number of carbonyl (C=O) groups is 2. The summed E-state index contributed by atoms with van der Waals surface area (Å²) in [5, 5.41) is 54.0. The standard InChI is InChI=1S/C53H93NO10/c1-3-5-7-9-11-13-20-25-29-33-37-41-49(58)62-42-38-34-30-26-22-19-17-15-16-18-21-24-28-32-36-40-48(57)54-45(44-63-53-52(61)51(60)50(59)47(43-55)64-53)46(56)39-35-31-27-23-14-12-10-8-6-4-2/h6,8,14-15,17,19,22-23,35,39,45-47,50-53,55-56,59-61H,3-5,7,9-13,16,18,20-21,24-34,36-38,40-44H2,1-2H3,(H,54,57)/b8-6+,17-15-,22-19-,23-14+,39-35+. The van der Waals surface area contributed by atoms with Gasteiger partial charge in [0.25, 0.3) is 0 Å². The summed E-state index contributed by atoms with van der Waals surface area (Å²) in [5.41, 5.74) is 0. The molecule has 0 aromatic rings. The summed E-state index contributed by atoms with van der Waals surface area (Å²) in [7, 11) is 0. The molecule has 1 rings (SSSR count). The summed E-state index contributed by atoms with van der Waals surface area (Å²) >= 11 is 0. The monoisotopic (exact) mass is 904 g/mol. The number of esters is 1. The molecule has 0 aromatic heterocycles. The van der Waals surface area contributed by atoms with Crippen LogP contribution in [0.25, 0.3) is 0 Å². The van der Waals surface area contributed by atoms with Crippen LogP contribution in [0.4, 0.5) is 0 Å². The summed E-state index contributed by atoms with van der Waals surface area (Å²) in [5.74, 6) is -0.268. The molecule has 11 nitrogen and oxygen atoms in total. The molecule has 0 aromatic carbocycles. The van der Waals surface area contributed by atoms with Crippen LogP contribution in [0.2, 0.25) is 0 Å². The lowest BCUT2D eigenvalue weighted by atomic mass is 9.99. The summed E-state index contributed by atoms with van der Waals surface area (Å²) in [6.45, 7) is 4.09. The highest BCUT2D eigenvalue weighted by Gasteiger charge is 2.44. The molecular formula is C53H93NO10. The van der Waals surface area contributed by atoms with Crippen LogP contribution >= 0.6 is 0 Å². The fourth-order valence-electron chi connectivity index (χ4n) is 7.52. The van der Waals surface area contributed by atoms with E-state index in [-0.39, 0.29) is 18.5 Å². The Balaban J connectivity index is 2.20. The third kappa shape index (κ3) is 32.9. The number of nitrogens with one attached hydrogen (secondary N) is 1. The number of rotatable bonds is 42. The quantitative estimate of drug-likeness (QED) is 0.0150. The number of allylic oxidation sites excluding steroid dienone is 9. The van der Waals surface area contributed by atoms with Crippen molar-refractivity contribution in [1.29, 1.82) is 0 Å². The molecule has 7 unspecified atom stereocenters. The Labute approximate surface area is 388 Å². The molecule has 7 atom stereocenters. The summed E-state index contributed by atoms with van der Waals surface area (Å²) in [4.78, 5) is 24.9. The van der Waals surface area contributed by atoms with Crippen molar-refractivity contribution in [3.05, 3.63) is 60.8 Å². The van der Waals surface area contributed by atoms with Crippen LogP contribution in [0, 0.1) is 0 Å². The first-order chi connectivity index (χ1) is 31.2. The van der Waals surface area contributed by atoms with E-state index in [1.54, 1.807) is 6.08 Å². The number of amides is 1. The Morgan fingerprint density at radius 1 is 0.594 bits per heavy atom. The summed E-state index contributed by atoms with van der Waals surface area (Å²) in [6.07, 6.45) is 43.1. The van der Waals surface area contributed by atoms with Gasteiger partial charge < -0.3 is 45.1 Å². The van der Waals surface area contributed by atoms with E-state index in [4.69, 9.17) is 14.2 Å². The summed E-state index contributed by atoms with van der Waals surface area (Å²) in [6, 6.07) is -0.850. The molecule has 0 bridgehead atoms. The first kappa shape index (κ1) is 59.4. The minimum absolute atomic E-state index is 0.0442. The van der Waals surface area contributed by atoms with Gasteiger partial charge in [0.1, 0.15) is 24.4 Å². The van der Waals surface area contributed by atoms with E-state index in [0.717, 1.165) is 103 Å². The van der Waals surface area contributed by atoms with Gasteiger partial charge in [0, 0.05) is 12.8 Å². The van der Waals surface area contributed by atoms with Gasteiger partial charge in [-0.25, -0.2) is 0 Å². The minimum Gasteiger partial charge on any atom is -0.466 e. The highest BCUT2D eigenvalue weighted by atomic mass is 16.7. The number of carbonyl (C=O) groups excluding carboxylic acids is 2. The van der Waals surface area contributed by atoms with E-state index < -0.39 is 49.5 Å². The van der Waals surface area contributed by atoms with Crippen LogP contribution in [0.1, 0.15) is 200 Å². The highest BCUT2D eigenvalue weighted by molar-refractivity contribution is 5.76. The zero-order valence-corrected chi connectivity index (χ0v) is 40.2. The van der Waals surface area contributed by atoms with E-state index in [9.17, 15) is 35.1 Å². The van der Waals surface area contributed by atoms with E-state index in [1.807, 2.05) is 6.08 Å². The van der Waals surface area contributed by atoms with Crippen molar-refractivity contribution < 1.29 is 49.3 Å². The Kier molecular flexibility index (Phi) is 39.9. The largest absolute Gasteiger partial charge is 0.466 e. The molecule has 1 heterocycles. The molecule has 1 fully saturated rings. The molecule has 1 aliphatic heterocycles. The predicted octanol–water partition coefficient (Wildman–Crippen LogP) is 10.3. The molecule has 0 saturated carbocycles. The van der Waals surface area contributed by atoms with Crippen LogP contribution in [0.3, 0.4) is 0 Å². The lowest BCUT2D eigenvalue weighted by molar-refractivity contribution is -0.302. The van der Waals surface area contributed by atoms with Crippen molar-refractivity contribution in [3.63, 3.8) is 0 Å². The van der Waals surface area contributed by atoms with Crippen LogP contribution in [0.5, 0.6) is 0 Å². The van der Waals surface area contributed by atoms with Gasteiger partial charge in [-0.1, -0.05) is 164 Å². The van der Waals surface area contributed by atoms with Crippen LogP contribution < -0.4 is 5.32 Å². The first-order valence-electron chi connectivity index (χ1n) is 25.6. The molecule has 1 amide bonds. The molecular weight excluding hydrogens is 811 g/mol. The third-order valence-corrected chi connectivity index (χ3v) is 11.6. The molecule has 0 spiro atoms. The summed E-state index contributed by atoms with van der Waals surface area (Å²) < 4.78 is 16.6. The molecule has 6 N–H and O–H groups in total. The maximum absolute atomic E-state index is 12.9. The second kappa shape index (κ2) is 43.0. The van der Waals surface area contributed by atoms with Crippen molar-refractivity contribution >= 4 is 11.9 Å². The van der Waals surface area contributed by atoms with Gasteiger partial charge in [0.05, 0.1) is 32.0 Å². The van der Waals surface area contributed by atoms with Gasteiger partial charge in [-0.3, -0.25) is 9.59 Å². The van der Waals surface area contributed by atoms with Crippen molar-refractivity contribution in [3.8, 4) is 0 Å². The molecule has 64 heavy (non-hydrogen) atoms. The molecule has 11 heteroatoms. The molecule has 0 aliphatic carbocycles. The molecule has 1 aliphatic rings. The number of hydrogen-bond donors (Lipinski definition) is 6. The first-order valence-corrected chi connectivity index (χ1v) is 25.6. The number of ether oxygens (including phenoxy) is 3. The van der Waals surface area contributed by atoms with E-state index >= 15 is 0 Å². The van der Waals surface area contributed by atoms with Crippen molar-refractivity contribution in [2.45, 2.75) is 243 Å². The number of unbranched alkanes of at least 4 members (excludes halogenated alkanes) is 21. The fraction of sp³-hybridized carbons (Fsp3) is 0.774. The second-order valence-electron chi connectivity index (χ2n) is 17.5. The zero-order valence-electron chi connectivity index (χ0n) is 40.2. The van der Waals surface area contributed by atoms with Gasteiger partial charge in [0.15, 0.2) is 6.29 Å². The van der Waals surface area contributed by atoms with Crippen molar-refractivity contribution in [2.24, 2.45) is 0 Å². The number of aliphatic hydroxyl groups excluding tert-OH is 5. The lowest BCUT2D eigenvalue weighted by Crippen LogP contribution is -2.60. The fourth-order valence-corrected chi connectivity index (χ4v) is 7.52. The Bertz CT molecular complexity index is 1250. The molecule has 0 radical (unpaired) electrons. The normalized spacial score (nSPS) is 20.4. The van der Waals surface area contributed by atoms with Gasteiger partial charge in [-0.15, -0.1) is 0 Å². The van der Waals surface area contributed by atoms with Gasteiger partial charge in [0.2, 0.25) is 5.91 Å².